The first-order chi connectivity index (χ1) is 13.1. The summed E-state index contributed by atoms with van der Waals surface area (Å²) in [5.41, 5.74) is 5.47. The molecule has 5 heteroatoms. The molecule has 140 valence electrons. The van der Waals surface area contributed by atoms with Gasteiger partial charge in [0.05, 0.1) is 5.69 Å². The summed E-state index contributed by atoms with van der Waals surface area (Å²) in [4.78, 5) is 17.2. The largest absolute Gasteiger partial charge is 0.368 e. The van der Waals surface area contributed by atoms with Gasteiger partial charge in [0.1, 0.15) is 0 Å². The highest BCUT2D eigenvalue weighted by molar-refractivity contribution is 5.95. The maximum atomic E-state index is 12.8. The van der Waals surface area contributed by atoms with E-state index >= 15 is 0 Å². The molecule has 0 bridgehead atoms. The summed E-state index contributed by atoms with van der Waals surface area (Å²) in [6.07, 6.45) is 1.01. The van der Waals surface area contributed by atoms with Gasteiger partial charge in [-0.05, 0) is 55.8 Å². The van der Waals surface area contributed by atoms with Gasteiger partial charge in [0.25, 0.3) is 5.91 Å². The SMILES string of the molecule is CC1=NN(c2ccc(C(=O)N3CCN(c4cccc(C)c4)CC3)cc2)CC1. The molecule has 27 heavy (non-hydrogen) atoms. The number of hydrogen-bond donors (Lipinski definition) is 0. The molecular formula is C22H26N4O. The van der Waals surface area contributed by atoms with Gasteiger partial charge >= 0.3 is 0 Å². The zero-order chi connectivity index (χ0) is 18.8. The zero-order valence-electron chi connectivity index (χ0n) is 16.1. The van der Waals surface area contributed by atoms with Crippen molar-refractivity contribution in [3.63, 3.8) is 0 Å². The summed E-state index contributed by atoms with van der Waals surface area (Å²) in [5, 5.41) is 6.52. The van der Waals surface area contributed by atoms with E-state index in [0.29, 0.717) is 0 Å². The number of rotatable bonds is 3. The molecule has 0 spiro atoms. The number of anilines is 2. The van der Waals surface area contributed by atoms with E-state index < -0.39 is 0 Å². The molecule has 1 amide bonds. The fourth-order valence-electron chi connectivity index (χ4n) is 3.71. The first-order valence-corrected chi connectivity index (χ1v) is 9.63. The Morgan fingerprint density at radius 2 is 1.63 bits per heavy atom. The van der Waals surface area contributed by atoms with Crippen molar-refractivity contribution in [3.05, 3.63) is 59.7 Å². The smallest absolute Gasteiger partial charge is 0.253 e. The standard InChI is InChI=1S/C22H26N4O/c1-17-4-3-5-21(16-17)24-12-14-25(15-13-24)22(27)19-6-8-20(9-7-19)26-11-10-18(2)23-26/h3-9,16H,10-15H2,1-2H3. The maximum absolute atomic E-state index is 12.8. The number of nitrogens with zero attached hydrogens (tertiary/aromatic N) is 4. The van der Waals surface area contributed by atoms with E-state index in [-0.39, 0.29) is 5.91 Å². The van der Waals surface area contributed by atoms with Gasteiger partial charge in [-0.25, -0.2) is 0 Å². The third-order valence-electron chi connectivity index (χ3n) is 5.32. The maximum Gasteiger partial charge on any atom is 0.253 e. The van der Waals surface area contributed by atoms with Crippen molar-refractivity contribution >= 4 is 23.0 Å². The second kappa shape index (κ2) is 7.43. The lowest BCUT2D eigenvalue weighted by Gasteiger charge is -2.36. The van der Waals surface area contributed by atoms with Crippen molar-refractivity contribution in [3.8, 4) is 0 Å². The van der Waals surface area contributed by atoms with Crippen LogP contribution in [0.5, 0.6) is 0 Å². The Hall–Kier alpha value is -2.82. The van der Waals surface area contributed by atoms with Crippen LogP contribution in [0.2, 0.25) is 0 Å². The van der Waals surface area contributed by atoms with Crippen molar-refractivity contribution < 1.29 is 4.79 Å². The Bertz CT molecular complexity index is 851. The molecule has 0 saturated carbocycles. The summed E-state index contributed by atoms with van der Waals surface area (Å²) in [6, 6.07) is 16.4. The quantitative estimate of drug-likeness (QED) is 0.838. The lowest BCUT2D eigenvalue weighted by Crippen LogP contribution is -2.48. The van der Waals surface area contributed by atoms with Gasteiger partial charge < -0.3 is 9.80 Å². The first kappa shape index (κ1) is 17.6. The van der Waals surface area contributed by atoms with E-state index in [1.807, 2.05) is 41.1 Å². The van der Waals surface area contributed by atoms with Gasteiger partial charge in [-0.15, -0.1) is 0 Å². The van der Waals surface area contributed by atoms with E-state index in [1.54, 1.807) is 0 Å². The van der Waals surface area contributed by atoms with Crippen molar-refractivity contribution in [1.82, 2.24) is 4.90 Å². The summed E-state index contributed by atoms with van der Waals surface area (Å²) in [7, 11) is 0. The van der Waals surface area contributed by atoms with Crippen molar-refractivity contribution in [2.75, 3.05) is 42.6 Å². The number of aryl methyl sites for hydroxylation is 1. The van der Waals surface area contributed by atoms with Gasteiger partial charge in [0, 0.05) is 56.1 Å². The normalized spacial score (nSPS) is 17.3. The average molecular weight is 362 g/mol. The summed E-state index contributed by atoms with van der Waals surface area (Å²) in [6.45, 7) is 8.33. The van der Waals surface area contributed by atoms with Crippen LogP contribution in [0.1, 0.15) is 29.3 Å². The minimum atomic E-state index is 0.117. The molecule has 2 aliphatic rings. The van der Waals surface area contributed by atoms with Crippen LogP contribution in [-0.2, 0) is 0 Å². The molecular weight excluding hydrogens is 336 g/mol. The van der Waals surface area contributed by atoms with E-state index in [0.717, 1.165) is 56.1 Å². The lowest BCUT2D eigenvalue weighted by molar-refractivity contribution is 0.0747. The fourth-order valence-corrected chi connectivity index (χ4v) is 3.71. The van der Waals surface area contributed by atoms with Crippen molar-refractivity contribution in [2.24, 2.45) is 5.10 Å². The molecule has 5 nitrogen and oxygen atoms in total. The van der Waals surface area contributed by atoms with Crippen molar-refractivity contribution in [1.29, 1.82) is 0 Å². The van der Waals surface area contributed by atoms with Gasteiger partial charge in [-0.1, -0.05) is 12.1 Å². The minimum Gasteiger partial charge on any atom is -0.368 e. The summed E-state index contributed by atoms with van der Waals surface area (Å²) < 4.78 is 0. The molecule has 0 aliphatic carbocycles. The van der Waals surface area contributed by atoms with Crippen LogP contribution in [-0.4, -0.2) is 49.2 Å². The van der Waals surface area contributed by atoms with Crippen LogP contribution in [0, 0.1) is 6.92 Å². The van der Waals surface area contributed by atoms with E-state index in [2.05, 4.69) is 41.2 Å². The molecule has 0 atom stereocenters. The number of amides is 1. The molecule has 4 rings (SSSR count). The predicted octanol–water partition coefficient (Wildman–Crippen LogP) is 3.54. The summed E-state index contributed by atoms with van der Waals surface area (Å²) in [5.74, 6) is 0.117. The van der Waals surface area contributed by atoms with E-state index in [1.165, 1.54) is 11.3 Å². The molecule has 2 aliphatic heterocycles. The Morgan fingerprint density at radius 1 is 0.889 bits per heavy atom. The van der Waals surface area contributed by atoms with Crippen LogP contribution >= 0.6 is 0 Å². The Labute approximate surface area is 160 Å². The number of benzene rings is 2. The molecule has 1 fully saturated rings. The molecule has 1 saturated heterocycles. The predicted molar refractivity (Wildman–Crippen MR) is 111 cm³/mol. The molecule has 0 N–H and O–H groups in total. The third-order valence-corrected chi connectivity index (χ3v) is 5.32. The van der Waals surface area contributed by atoms with Crippen LogP contribution < -0.4 is 9.91 Å². The van der Waals surface area contributed by atoms with Gasteiger partial charge in [0.2, 0.25) is 0 Å². The van der Waals surface area contributed by atoms with Gasteiger partial charge in [-0.2, -0.15) is 5.10 Å². The lowest BCUT2D eigenvalue weighted by atomic mass is 10.1. The topological polar surface area (TPSA) is 39.2 Å². The first-order valence-electron chi connectivity index (χ1n) is 9.63. The molecule has 2 aromatic rings. The monoisotopic (exact) mass is 362 g/mol. The molecule has 2 heterocycles. The van der Waals surface area contributed by atoms with Gasteiger partial charge in [0.15, 0.2) is 0 Å². The zero-order valence-corrected chi connectivity index (χ0v) is 16.1. The average Bonchev–Trinajstić information content (AvgIpc) is 3.14. The second-order valence-corrected chi connectivity index (χ2v) is 7.37. The number of carbonyl (C=O) groups is 1. The van der Waals surface area contributed by atoms with E-state index in [4.69, 9.17) is 0 Å². The highest BCUT2D eigenvalue weighted by atomic mass is 16.2. The minimum absolute atomic E-state index is 0.117. The highest BCUT2D eigenvalue weighted by Gasteiger charge is 2.22. The Kier molecular flexibility index (Phi) is 4.84. The number of hydrogen-bond acceptors (Lipinski definition) is 4. The van der Waals surface area contributed by atoms with Gasteiger partial charge in [-0.3, -0.25) is 9.80 Å². The summed E-state index contributed by atoms with van der Waals surface area (Å²) >= 11 is 0. The molecule has 0 unspecified atom stereocenters. The Morgan fingerprint density at radius 3 is 2.26 bits per heavy atom. The molecule has 0 aromatic heterocycles. The third kappa shape index (κ3) is 3.82. The van der Waals surface area contributed by atoms with E-state index in [9.17, 15) is 4.79 Å². The highest BCUT2D eigenvalue weighted by Crippen LogP contribution is 2.22. The number of hydrazone groups is 1. The number of carbonyl (C=O) groups excluding carboxylic acids is 1. The fraction of sp³-hybridized carbons (Fsp3) is 0.364. The molecule has 2 aromatic carbocycles. The van der Waals surface area contributed by atoms with Crippen LogP contribution in [0.4, 0.5) is 11.4 Å². The van der Waals surface area contributed by atoms with Crippen LogP contribution in [0.15, 0.2) is 53.6 Å². The second-order valence-electron chi connectivity index (χ2n) is 7.37. The van der Waals surface area contributed by atoms with Crippen LogP contribution in [0.25, 0.3) is 0 Å². The Balaban J connectivity index is 1.38. The van der Waals surface area contributed by atoms with Crippen molar-refractivity contribution in [2.45, 2.75) is 20.3 Å². The van der Waals surface area contributed by atoms with Crippen LogP contribution in [0.3, 0.4) is 0 Å². The molecule has 0 radical (unpaired) electrons. The number of piperazine rings is 1.